The van der Waals surface area contributed by atoms with E-state index in [-0.39, 0.29) is 24.9 Å². The third kappa shape index (κ3) is 9.55. The lowest BCUT2D eigenvalue weighted by Crippen LogP contribution is -2.31. The van der Waals surface area contributed by atoms with Crippen LogP contribution in [-0.4, -0.2) is 53.5 Å². The van der Waals surface area contributed by atoms with Crippen LogP contribution in [0, 0.1) is 6.57 Å². The zero-order chi connectivity index (χ0) is 35.0. The van der Waals surface area contributed by atoms with Crippen LogP contribution in [-0.2, 0) is 33.8 Å². The van der Waals surface area contributed by atoms with Gasteiger partial charge in [-0.2, -0.15) is 4.98 Å². The lowest BCUT2D eigenvalue weighted by molar-refractivity contribution is -0.149. The van der Waals surface area contributed by atoms with Gasteiger partial charge in [0.1, 0.15) is 24.5 Å². The molecule has 12 nitrogen and oxygen atoms in total. The maximum atomic E-state index is 12.5. The van der Waals surface area contributed by atoms with Crippen LogP contribution in [0.3, 0.4) is 0 Å². The van der Waals surface area contributed by atoms with Crippen molar-refractivity contribution in [2.45, 2.75) is 59.3 Å². The molecule has 1 aliphatic rings. The molecule has 2 aromatic heterocycles. The molecule has 3 heterocycles. The molecule has 0 spiro atoms. The van der Waals surface area contributed by atoms with Gasteiger partial charge < -0.3 is 30.2 Å². The SMILES string of the molecule is [C-]#[N+]/C(=C\c1cc2ccc(N(CCC)CCOC(=O)NCc3ccc(COc4nc(N)nc5c4N=CC5)cc3)cc2s1)C(=O)OC(C)(C)C. The lowest BCUT2D eigenvalue weighted by Gasteiger charge is -2.24. The molecule has 254 valence electrons. The number of carbonyl (C=O) groups is 2. The van der Waals surface area contributed by atoms with Crippen molar-refractivity contribution < 1.29 is 23.8 Å². The number of nitrogens with zero attached hydrogens (tertiary/aromatic N) is 5. The van der Waals surface area contributed by atoms with E-state index in [1.165, 1.54) is 11.3 Å². The van der Waals surface area contributed by atoms with Crippen molar-refractivity contribution in [3.8, 4) is 5.88 Å². The fourth-order valence-electron chi connectivity index (χ4n) is 5.02. The quantitative estimate of drug-likeness (QED) is 0.0878. The molecule has 13 heteroatoms. The summed E-state index contributed by atoms with van der Waals surface area (Å²) in [5, 5.41) is 3.82. The number of amides is 1. The third-order valence-corrected chi connectivity index (χ3v) is 8.31. The average molecular weight is 682 g/mol. The monoisotopic (exact) mass is 681 g/mol. The molecule has 0 unspecified atom stereocenters. The Bertz CT molecular complexity index is 1920. The zero-order valence-corrected chi connectivity index (χ0v) is 28.8. The molecule has 0 saturated carbocycles. The van der Waals surface area contributed by atoms with Crippen LogP contribution in [0.15, 0.2) is 59.2 Å². The van der Waals surface area contributed by atoms with Crippen LogP contribution in [0.2, 0.25) is 0 Å². The van der Waals surface area contributed by atoms with Crippen LogP contribution in [0.25, 0.3) is 21.0 Å². The summed E-state index contributed by atoms with van der Waals surface area (Å²) in [6.07, 6.45) is 4.36. The van der Waals surface area contributed by atoms with Crippen LogP contribution >= 0.6 is 11.3 Å². The first-order valence-electron chi connectivity index (χ1n) is 15.9. The van der Waals surface area contributed by atoms with E-state index in [2.05, 4.69) is 43.0 Å². The summed E-state index contributed by atoms with van der Waals surface area (Å²) in [7, 11) is 0. The minimum absolute atomic E-state index is 0.0595. The second-order valence-electron chi connectivity index (χ2n) is 12.3. The van der Waals surface area contributed by atoms with Gasteiger partial charge in [0.15, 0.2) is 0 Å². The summed E-state index contributed by atoms with van der Waals surface area (Å²) in [5.74, 6) is -0.115. The summed E-state index contributed by atoms with van der Waals surface area (Å²) < 4.78 is 17.8. The van der Waals surface area contributed by atoms with Crippen molar-refractivity contribution >= 4 is 63.1 Å². The van der Waals surface area contributed by atoms with Gasteiger partial charge in [-0.3, -0.25) is 9.79 Å². The summed E-state index contributed by atoms with van der Waals surface area (Å²) >= 11 is 1.50. The Labute approximate surface area is 289 Å². The average Bonchev–Trinajstić information content (AvgIpc) is 3.70. The van der Waals surface area contributed by atoms with E-state index in [4.69, 9.17) is 26.5 Å². The van der Waals surface area contributed by atoms with Gasteiger partial charge in [-0.25, -0.2) is 14.6 Å². The largest absolute Gasteiger partial charge is 0.471 e. The van der Waals surface area contributed by atoms with E-state index < -0.39 is 17.7 Å². The summed E-state index contributed by atoms with van der Waals surface area (Å²) in [5.41, 5.74) is 9.27. The first kappa shape index (κ1) is 34.8. The number of hydrogen-bond acceptors (Lipinski definition) is 11. The first-order chi connectivity index (χ1) is 23.5. The van der Waals surface area contributed by atoms with Crippen molar-refractivity contribution in [1.82, 2.24) is 15.3 Å². The molecule has 4 aromatic rings. The number of benzene rings is 2. The van der Waals surface area contributed by atoms with Gasteiger partial charge in [-0.05, 0) is 68.0 Å². The molecule has 1 amide bonds. The molecule has 1 aliphatic heterocycles. The summed E-state index contributed by atoms with van der Waals surface area (Å²) in [6, 6.07) is 15.8. The number of aliphatic imine (C=N–C) groups is 1. The highest BCUT2D eigenvalue weighted by molar-refractivity contribution is 7.19. The Kier molecular flexibility index (Phi) is 11.1. The van der Waals surface area contributed by atoms with Gasteiger partial charge in [-0.1, -0.05) is 37.3 Å². The molecule has 49 heavy (non-hydrogen) atoms. The number of fused-ring (bicyclic) bond motifs is 2. The predicted octanol–water partition coefficient (Wildman–Crippen LogP) is 6.86. The molecule has 0 saturated heterocycles. The summed E-state index contributed by atoms with van der Waals surface area (Å²) in [6.45, 7) is 17.0. The van der Waals surface area contributed by atoms with Gasteiger partial charge in [0.05, 0.1) is 18.8 Å². The number of hydrogen-bond donors (Lipinski definition) is 2. The van der Waals surface area contributed by atoms with Gasteiger partial charge >= 0.3 is 12.1 Å². The van der Waals surface area contributed by atoms with Crippen molar-refractivity contribution in [2.75, 3.05) is 30.3 Å². The molecule has 0 aliphatic carbocycles. The van der Waals surface area contributed by atoms with Crippen LogP contribution in [0.5, 0.6) is 5.88 Å². The Morgan fingerprint density at radius 2 is 1.88 bits per heavy atom. The Morgan fingerprint density at radius 3 is 2.61 bits per heavy atom. The van der Waals surface area contributed by atoms with Gasteiger partial charge in [-0.15, -0.1) is 11.3 Å². The molecule has 0 radical (unpaired) electrons. The highest BCUT2D eigenvalue weighted by atomic mass is 32.1. The number of thiophene rings is 1. The minimum atomic E-state index is -0.681. The topological polar surface area (TPSA) is 146 Å². The second kappa shape index (κ2) is 15.6. The second-order valence-corrected chi connectivity index (χ2v) is 13.4. The molecule has 0 fully saturated rings. The molecule has 3 N–H and O–H groups in total. The predicted molar refractivity (Wildman–Crippen MR) is 192 cm³/mol. The molecule has 2 aromatic carbocycles. The van der Waals surface area contributed by atoms with E-state index in [1.807, 2.05) is 42.5 Å². The van der Waals surface area contributed by atoms with E-state index >= 15 is 0 Å². The number of esters is 1. The number of alkyl carbamates (subject to hydrolysis) is 1. The highest BCUT2D eigenvalue weighted by Gasteiger charge is 2.21. The van der Waals surface area contributed by atoms with Crippen molar-refractivity contribution in [2.24, 2.45) is 4.99 Å². The maximum Gasteiger partial charge on any atom is 0.407 e. The van der Waals surface area contributed by atoms with Crippen LogP contribution in [0.4, 0.5) is 22.1 Å². The number of rotatable bonds is 13. The molecule has 0 atom stereocenters. The van der Waals surface area contributed by atoms with Crippen molar-refractivity contribution in [3.05, 3.63) is 87.3 Å². The number of nitrogens with one attached hydrogen (secondary N) is 1. The Hall–Kier alpha value is -5.48. The van der Waals surface area contributed by atoms with Gasteiger partial charge in [0.25, 0.3) is 5.70 Å². The van der Waals surface area contributed by atoms with Gasteiger partial charge in [0, 0.05) is 41.0 Å². The molecule has 0 bridgehead atoms. The number of nitrogen functional groups attached to an aromatic ring is 1. The maximum absolute atomic E-state index is 12.5. The molecular weight excluding hydrogens is 643 g/mol. The normalized spacial score (nSPS) is 12.3. The third-order valence-electron chi connectivity index (χ3n) is 7.27. The summed E-state index contributed by atoms with van der Waals surface area (Å²) in [4.78, 5) is 43.9. The number of anilines is 2. The van der Waals surface area contributed by atoms with E-state index in [0.717, 1.165) is 50.4 Å². The first-order valence-corrected chi connectivity index (χ1v) is 16.7. The van der Waals surface area contributed by atoms with E-state index in [0.29, 0.717) is 31.1 Å². The smallest absolute Gasteiger partial charge is 0.407 e. The molecule has 5 rings (SSSR count). The number of ether oxygens (including phenoxy) is 3. The number of carbonyl (C=O) groups excluding carboxylic acids is 2. The fourth-order valence-corrected chi connectivity index (χ4v) is 6.06. The number of nitrogens with two attached hydrogens (primary N) is 1. The zero-order valence-electron chi connectivity index (χ0n) is 28.0. The van der Waals surface area contributed by atoms with Crippen LogP contribution < -0.4 is 20.7 Å². The molecular formula is C36H39N7O5S. The minimum Gasteiger partial charge on any atom is -0.471 e. The fraction of sp³-hybridized carbons (Fsp3) is 0.333. The Morgan fingerprint density at radius 1 is 1.10 bits per heavy atom. The van der Waals surface area contributed by atoms with E-state index in [9.17, 15) is 9.59 Å². The van der Waals surface area contributed by atoms with Crippen molar-refractivity contribution in [1.29, 1.82) is 0 Å². The van der Waals surface area contributed by atoms with E-state index in [1.54, 1.807) is 33.1 Å². The Balaban J connectivity index is 1.10. The van der Waals surface area contributed by atoms with Gasteiger partial charge in [0.2, 0.25) is 11.8 Å². The standard InChI is InChI=1S/C36H39N7O5S/c1-6-15-43(26-12-11-25-18-27(49-30(25)19-26)20-29(38-5)33(44)48-36(2,3)4)16-17-46-35(45)40-21-23-7-9-24(10-8-23)22-47-32-31-28(13-14-39-31)41-34(37)42-32/h7-12,14,18-20H,6,13,15-17,21-22H2,1-4H3,(H,40,45)(H2,37,41,42)/b29-20-. The number of aromatic nitrogens is 2. The lowest BCUT2D eigenvalue weighted by atomic mass is 10.1. The van der Waals surface area contributed by atoms with Crippen molar-refractivity contribution in [3.63, 3.8) is 0 Å². The highest BCUT2D eigenvalue weighted by Crippen LogP contribution is 2.33. The van der Waals surface area contributed by atoms with Crippen LogP contribution in [0.1, 0.15) is 55.8 Å².